The third kappa shape index (κ3) is 3.97. The number of rotatable bonds is 4. The molecule has 0 saturated carbocycles. The predicted molar refractivity (Wildman–Crippen MR) is 63.3 cm³/mol. The van der Waals surface area contributed by atoms with E-state index in [0.29, 0.717) is 6.54 Å². The predicted octanol–water partition coefficient (Wildman–Crippen LogP) is 2.13. The first-order valence-electron chi connectivity index (χ1n) is 4.94. The first-order valence-corrected chi connectivity index (χ1v) is 4.94. The number of carbonyl (C=O) groups is 1. The van der Waals surface area contributed by atoms with Gasteiger partial charge in [-0.15, -0.1) is 5.92 Å². The highest BCUT2D eigenvalue weighted by Gasteiger charge is 2.06. The smallest absolute Gasteiger partial charge is 0.350 e. The van der Waals surface area contributed by atoms with E-state index >= 15 is 0 Å². The molecule has 0 aliphatic heterocycles. The molecule has 0 fully saturated rings. The summed E-state index contributed by atoms with van der Waals surface area (Å²) in [5.41, 5.74) is 1.10. The normalized spacial score (nSPS) is 10.4. The van der Waals surface area contributed by atoms with Gasteiger partial charge in [-0.2, -0.15) is 0 Å². The average molecular weight is 215 g/mol. The van der Waals surface area contributed by atoms with E-state index in [4.69, 9.17) is 5.11 Å². The van der Waals surface area contributed by atoms with Gasteiger partial charge in [0.15, 0.2) is 0 Å². The van der Waals surface area contributed by atoms with E-state index in [1.165, 1.54) is 0 Å². The second kappa shape index (κ2) is 6.41. The Bertz CT molecular complexity index is 438. The Kier molecular flexibility index (Phi) is 4.81. The van der Waals surface area contributed by atoms with E-state index < -0.39 is 5.97 Å². The summed E-state index contributed by atoms with van der Waals surface area (Å²) < 4.78 is 0. The summed E-state index contributed by atoms with van der Waals surface area (Å²) in [6.07, 6.45) is 0.193. The van der Waals surface area contributed by atoms with Crippen LogP contribution in [0.15, 0.2) is 35.3 Å². The standard InChI is InChI=1S/C13H13NO2/c1-2-3-9-12(13(15)16)14-10-11-7-5-4-6-8-11/h4-8H,9-10H2,1H3,(H,15,16). The van der Waals surface area contributed by atoms with Crippen LogP contribution in [0.4, 0.5) is 0 Å². The molecule has 0 radical (unpaired) electrons. The Morgan fingerprint density at radius 1 is 1.38 bits per heavy atom. The lowest BCUT2D eigenvalue weighted by Crippen LogP contribution is -2.12. The van der Waals surface area contributed by atoms with Crippen LogP contribution in [0, 0.1) is 11.8 Å². The van der Waals surface area contributed by atoms with E-state index in [1.807, 2.05) is 30.3 Å². The summed E-state index contributed by atoms with van der Waals surface area (Å²) in [6.45, 7) is 2.06. The molecular weight excluding hydrogens is 202 g/mol. The molecule has 3 heteroatoms. The average Bonchev–Trinajstić information content (AvgIpc) is 2.30. The Morgan fingerprint density at radius 2 is 2.06 bits per heavy atom. The van der Waals surface area contributed by atoms with E-state index in [0.717, 1.165) is 5.56 Å². The third-order valence-corrected chi connectivity index (χ3v) is 1.97. The Labute approximate surface area is 94.8 Å². The van der Waals surface area contributed by atoms with Crippen LogP contribution in [0.1, 0.15) is 18.9 Å². The third-order valence-electron chi connectivity index (χ3n) is 1.97. The van der Waals surface area contributed by atoms with Crippen molar-refractivity contribution >= 4 is 11.7 Å². The quantitative estimate of drug-likeness (QED) is 0.617. The van der Waals surface area contributed by atoms with Crippen molar-refractivity contribution < 1.29 is 9.90 Å². The van der Waals surface area contributed by atoms with Crippen molar-refractivity contribution in [3.05, 3.63) is 35.9 Å². The number of carboxylic acids is 1. The summed E-state index contributed by atoms with van der Waals surface area (Å²) in [5.74, 6) is 4.36. The zero-order valence-corrected chi connectivity index (χ0v) is 9.10. The molecule has 1 N–H and O–H groups in total. The van der Waals surface area contributed by atoms with E-state index in [-0.39, 0.29) is 12.1 Å². The molecule has 0 spiro atoms. The Balaban J connectivity index is 2.71. The number of carboxylic acid groups (broad SMARTS) is 1. The highest BCUT2D eigenvalue weighted by atomic mass is 16.4. The van der Waals surface area contributed by atoms with E-state index in [9.17, 15) is 4.79 Å². The molecule has 0 unspecified atom stereocenters. The minimum absolute atomic E-state index is 0.109. The molecule has 1 aromatic carbocycles. The lowest BCUT2D eigenvalue weighted by atomic mass is 10.2. The van der Waals surface area contributed by atoms with Crippen molar-refractivity contribution in [2.75, 3.05) is 0 Å². The SMILES string of the molecule is CC#CCC(=NCc1ccccc1)C(=O)O. The lowest BCUT2D eigenvalue weighted by molar-refractivity contribution is -0.129. The van der Waals surface area contributed by atoms with Crippen molar-refractivity contribution in [1.82, 2.24) is 0 Å². The number of aliphatic imine (C=N–C) groups is 1. The van der Waals surface area contributed by atoms with Crippen LogP contribution < -0.4 is 0 Å². The molecule has 16 heavy (non-hydrogen) atoms. The molecule has 0 bridgehead atoms. The molecule has 0 aliphatic rings. The van der Waals surface area contributed by atoms with Crippen LogP contribution >= 0.6 is 0 Å². The number of benzene rings is 1. The van der Waals surface area contributed by atoms with Crippen molar-refractivity contribution in [1.29, 1.82) is 0 Å². The van der Waals surface area contributed by atoms with E-state index in [2.05, 4.69) is 16.8 Å². The summed E-state index contributed by atoms with van der Waals surface area (Å²) in [7, 11) is 0. The molecule has 0 atom stereocenters. The first kappa shape index (κ1) is 12.0. The van der Waals surface area contributed by atoms with Crippen LogP contribution in [0.3, 0.4) is 0 Å². The second-order valence-electron chi connectivity index (χ2n) is 3.16. The number of aliphatic carboxylic acids is 1. The highest BCUT2D eigenvalue weighted by molar-refractivity contribution is 6.36. The van der Waals surface area contributed by atoms with Gasteiger partial charge in [-0.1, -0.05) is 36.3 Å². The van der Waals surface area contributed by atoms with Gasteiger partial charge in [0, 0.05) is 0 Å². The molecule has 82 valence electrons. The Morgan fingerprint density at radius 3 is 2.62 bits per heavy atom. The van der Waals surface area contributed by atoms with Crippen LogP contribution in [0.2, 0.25) is 0 Å². The van der Waals surface area contributed by atoms with Crippen molar-refractivity contribution in [3.8, 4) is 11.8 Å². The maximum atomic E-state index is 10.8. The van der Waals surface area contributed by atoms with Crippen molar-refractivity contribution in [2.24, 2.45) is 4.99 Å². The van der Waals surface area contributed by atoms with Gasteiger partial charge in [0.05, 0.1) is 13.0 Å². The van der Waals surface area contributed by atoms with Gasteiger partial charge in [-0.3, -0.25) is 4.99 Å². The maximum Gasteiger partial charge on any atom is 0.350 e. The van der Waals surface area contributed by atoms with Gasteiger partial charge in [0.1, 0.15) is 5.71 Å². The lowest BCUT2D eigenvalue weighted by Gasteiger charge is -1.98. The summed E-state index contributed by atoms with van der Waals surface area (Å²) in [6, 6.07) is 9.53. The van der Waals surface area contributed by atoms with Crippen LogP contribution in [0.25, 0.3) is 0 Å². The van der Waals surface area contributed by atoms with Gasteiger partial charge in [0.25, 0.3) is 0 Å². The Hall–Kier alpha value is -2.08. The van der Waals surface area contributed by atoms with Gasteiger partial charge >= 0.3 is 5.97 Å². The summed E-state index contributed by atoms with van der Waals surface area (Å²) >= 11 is 0. The highest BCUT2D eigenvalue weighted by Crippen LogP contribution is 2.01. The second-order valence-corrected chi connectivity index (χ2v) is 3.16. The van der Waals surface area contributed by atoms with Crippen LogP contribution in [-0.2, 0) is 11.3 Å². The van der Waals surface area contributed by atoms with Gasteiger partial charge in [0.2, 0.25) is 0 Å². The molecule has 0 amide bonds. The molecule has 1 aromatic rings. The van der Waals surface area contributed by atoms with Crippen LogP contribution in [-0.4, -0.2) is 16.8 Å². The largest absolute Gasteiger partial charge is 0.477 e. The summed E-state index contributed by atoms with van der Waals surface area (Å²) in [5, 5.41) is 8.88. The minimum Gasteiger partial charge on any atom is -0.477 e. The van der Waals surface area contributed by atoms with Gasteiger partial charge in [-0.05, 0) is 12.5 Å². The molecule has 0 aromatic heterocycles. The first-order chi connectivity index (χ1) is 7.74. The van der Waals surface area contributed by atoms with E-state index in [1.54, 1.807) is 6.92 Å². The van der Waals surface area contributed by atoms with Crippen molar-refractivity contribution in [2.45, 2.75) is 19.9 Å². The fourth-order valence-electron chi connectivity index (χ4n) is 1.14. The molecule has 0 saturated heterocycles. The zero-order chi connectivity index (χ0) is 11.8. The maximum absolute atomic E-state index is 10.8. The van der Waals surface area contributed by atoms with Gasteiger partial charge in [-0.25, -0.2) is 4.79 Å². The summed E-state index contributed by atoms with van der Waals surface area (Å²) in [4.78, 5) is 14.9. The number of hydrogen-bond donors (Lipinski definition) is 1. The van der Waals surface area contributed by atoms with Crippen molar-refractivity contribution in [3.63, 3.8) is 0 Å². The fourth-order valence-corrected chi connectivity index (χ4v) is 1.14. The monoisotopic (exact) mass is 215 g/mol. The molecule has 0 aliphatic carbocycles. The fraction of sp³-hybridized carbons (Fsp3) is 0.231. The molecular formula is C13H13NO2. The molecule has 3 nitrogen and oxygen atoms in total. The molecule has 0 heterocycles. The number of hydrogen-bond acceptors (Lipinski definition) is 2. The van der Waals surface area contributed by atoms with Crippen LogP contribution in [0.5, 0.6) is 0 Å². The topological polar surface area (TPSA) is 49.7 Å². The van der Waals surface area contributed by atoms with Gasteiger partial charge < -0.3 is 5.11 Å². The number of nitrogens with zero attached hydrogens (tertiary/aromatic N) is 1. The zero-order valence-electron chi connectivity index (χ0n) is 9.10. The molecule has 1 rings (SSSR count). The minimum atomic E-state index is -1.00.